The Morgan fingerprint density at radius 3 is 2.94 bits per heavy atom. The molecule has 0 fully saturated rings. The van der Waals surface area contributed by atoms with Crippen molar-refractivity contribution in [3.63, 3.8) is 0 Å². The molecule has 2 aromatic heterocycles. The molecule has 0 aliphatic rings. The van der Waals surface area contributed by atoms with Gasteiger partial charge in [-0.2, -0.15) is 0 Å². The van der Waals surface area contributed by atoms with E-state index in [9.17, 15) is 8.42 Å². The fraction of sp³-hybridized carbons (Fsp3) is 0.333. The first kappa shape index (κ1) is 12.2. The van der Waals surface area contributed by atoms with Gasteiger partial charge in [-0.25, -0.2) is 23.1 Å². The standard InChI is InChI=1S/C9H12N4O2S2/c1-17(14,15)13-4-3-10-8-7-2-5-16-9(7)12-6-11-8/h2,5-6,13H,3-4H2,1H3,(H,10,11,12). The first-order valence-corrected chi connectivity index (χ1v) is 7.70. The van der Waals surface area contributed by atoms with Crippen LogP contribution in [0.1, 0.15) is 0 Å². The number of thiophene rings is 1. The highest BCUT2D eigenvalue weighted by Crippen LogP contribution is 2.23. The maximum Gasteiger partial charge on any atom is 0.208 e. The van der Waals surface area contributed by atoms with E-state index in [0.29, 0.717) is 13.1 Å². The summed E-state index contributed by atoms with van der Waals surface area (Å²) < 4.78 is 24.1. The molecule has 2 heterocycles. The molecule has 0 saturated carbocycles. The Kier molecular flexibility index (Phi) is 3.55. The lowest BCUT2D eigenvalue weighted by molar-refractivity contribution is 0.589. The monoisotopic (exact) mass is 272 g/mol. The Labute approximate surface area is 103 Å². The summed E-state index contributed by atoms with van der Waals surface area (Å²) in [4.78, 5) is 9.16. The van der Waals surface area contributed by atoms with Crippen LogP contribution in [0.15, 0.2) is 17.8 Å². The number of hydrogen-bond acceptors (Lipinski definition) is 6. The van der Waals surface area contributed by atoms with Crippen molar-refractivity contribution in [1.29, 1.82) is 0 Å². The normalized spacial score (nSPS) is 11.8. The minimum atomic E-state index is -3.13. The van der Waals surface area contributed by atoms with Crippen LogP contribution >= 0.6 is 11.3 Å². The van der Waals surface area contributed by atoms with Crippen LogP contribution in [0.25, 0.3) is 10.2 Å². The predicted molar refractivity (Wildman–Crippen MR) is 68.8 cm³/mol. The summed E-state index contributed by atoms with van der Waals surface area (Å²) in [6.07, 6.45) is 2.62. The van der Waals surface area contributed by atoms with Crippen LogP contribution in [-0.4, -0.2) is 37.7 Å². The Bertz CT molecular complexity index is 608. The van der Waals surface area contributed by atoms with Crippen molar-refractivity contribution in [1.82, 2.24) is 14.7 Å². The fourth-order valence-corrected chi connectivity index (χ4v) is 2.55. The molecule has 0 aliphatic carbocycles. The van der Waals surface area contributed by atoms with Crippen LogP contribution in [0, 0.1) is 0 Å². The minimum Gasteiger partial charge on any atom is -0.368 e. The molecule has 0 bridgehead atoms. The number of nitrogens with zero attached hydrogens (tertiary/aromatic N) is 2. The van der Waals surface area contributed by atoms with Gasteiger partial charge in [0, 0.05) is 13.1 Å². The van der Waals surface area contributed by atoms with Crippen LogP contribution in [0.4, 0.5) is 5.82 Å². The van der Waals surface area contributed by atoms with Crippen molar-refractivity contribution in [3.05, 3.63) is 17.8 Å². The number of anilines is 1. The lowest BCUT2D eigenvalue weighted by Crippen LogP contribution is -2.27. The summed E-state index contributed by atoms with van der Waals surface area (Å²) >= 11 is 1.54. The molecule has 0 unspecified atom stereocenters. The number of fused-ring (bicyclic) bond motifs is 1. The van der Waals surface area contributed by atoms with Crippen LogP contribution in [-0.2, 0) is 10.0 Å². The van der Waals surface area contributed by atoms with Gasteiger partial charge in [-0.1, -0.05) is 0 Å². The molecular weight excluding hydrogens is 260 g/mol. The largest absolute Gasteiger partial charge is 0.368 e. The Hall–Kier alpha value is -1.25. The maximum atomic E-state index is 10.9. The number of nitrogens with one attached hydrogen (secondary N) is 2. The molecule has 2 rings (SSSR count). The van der Waals surface area contributed by atoms with E-state index >= 15 is 0 Å². The molecule has 0 amide bonds. The smallest absolute Gasteiger partial charge is 0.208 e. The van der Waals surface area contributed by atoms with Crippen molar-refractivity contribution in [3.8, 4) is 0 Å². The zero-order valence-corrected chi connectivity index (χ0v) is 10.8. The summed E-state index contributed by atoms with van der Waals surface area (Å²) in [6, 6.07) is 1.94. The zero-order chi connectivity index (χ0) is 12.3. The Balaban J connectivity index is 1.97. The van der Waals surface area contributed by atoms with Gasteiger partial charge in [0.05, 0.1) is 11.6 Å². The van der Waals surface area contributed by atoms with Crippen molar-refractivity contribution in [2.24, 2.45) is 0 Å². The Morgan fingerprint density at radius 2 is 2.18 bits per heavy atom. The summed E-state index contributed by atoms with van der Waals surface area (Å²) in [6.45, 7) is 0.809. The SMILES string of the molecule is CS(=O)(=O)NCCNc1ncnc2sccc12. The van der Waals surface area contributed by atoms with E-state index in [2.05, 4.69) is 20.0 Å². The molecule has 17 heavy (non-hydrogen) atoms. The third-order valence-corrected chi connectivity index (χ3v) is 3.59. The molecule has 2 aromatic rings. The molecule has 6 nitrogen and oxygen atoms in total. The number of sulfonamides is 1. The first-order valence-electron chi connectivity index (χ1n) is 4.93. The van der Waals surface area contributed by atoms with E-state index in [4.69, 9.17) is 0 Å². The molecule has 0 saturated heterocycles. The minimum absolute atomic E-state index is 0.328. The molecule has 92 valence electrons. The summed E-state index contributed by atoms with van der Waals surface area (Å²) in [5.41, 5.74) is 0. The van der Waals surface area contributed by atoms with E-state index < -0.39 is 10.0 Å². The Morgan fingerprint density at radius 1 is 1.35 bits per heavy atom. The van der Waals surface area contributed by atoms with Crippen molar-refractivity contribution >= 4 is 37.4 Å². The van der Waals surface area contributed by atoms with E-state index in [1.165, 1.54) is 6.33 Å². The summed E-state index contributed by atoms with van der Waals surface area (Å²) in [7, 11) is -3.13. The lowest BCUT2D eigenvalue weighted by Gasteiger charge is -2.06. The highest BCUT2D eigenvalue weighted by Gasteiger charge is 2.04. The van der Waals surface area contributed by atoms with Gasteiger partial charge in [-0.15, -0.1) is 11.3 Å². The third kappa shape index (κ3) is 3.35. The van der Waals surface area contributed by atoms with Gasteiger partial charge in [-0.05, 0) is 11.4 Å². The molecule has 2 N–H and O–H groups in total. The maximum absolute atomic E-state index is 10.9. The highest BCUT2D eigenvalue weighted by atomic mass is 32.2. The van der Waals surface area contributed by atoms with Crippen LogP contribution < -0.4 is 10.0 Å². The van der Waals surface area contributed by atoms with Crippen molar-refractivity contribution in [2.45, 2.75) is 0 Å². The van der Waals surface area contributed by atoms with E-state index in [-0.39, 0.29) is 0 Å². The highest BCUT2D eigenvalue weighted by molar-refractivity contribution is 7.88. The number of rotatable bonds is 5. The second-order valence-electron chi connectivity index (χ2n) is 3.45. The van der Waals surface area contributed by atoms with E-state index in [1.807, 2.05) is 11.4 Å². The van der Waals surface area contributed by atoms with Gasteiger partial charge in [0.2, 0.25) is 10.0 Å². The van der Waals surface area contributed by atoms with Crippen molar-refractivity contribution < 1.29 is 8.42 Å². The third-order valence-electron chi connectivity index (χ3n) is 2.04. The molecular formula is C9H12N4O2S2. The van der Waals surface area contributed by atoms with Gasteiger partial charge >= 0.3 is 0 Å². The van der Waals surface area contributed by atoms with E-state index in [1.54, 1.807) is 11.3 Å². The second-order valence-corrected chi connectivity index (χ2v) is 6.18. The predicted octanol–water partition coefficient (Wildman–Crippen LogP) is 0.652. The molecule has 0 aliphatic heterocycles. The van der Waals surface area contributed by atoms with Gasteiger partial charge in [-0.3, -0.25) is 0 Å². The second kappa shape index (κ2) is 4.94. The van der Waals surface area contributed by atoms with E-state index in [0.717, 1.165) is 22.3 Å². The average molecular weight is 272 g/mol. The van der Waals surface area contributed by atoms with Gasteiger partial charge in [0.25, 0.3) is 0 Å². The van der Waals surface area contributed by atoms with Gasteiger partial charge in [0.1, 0.15) is 17.0 Å². The van der Waals surface area contributed by atoms with Gasteiger partial charge in [0.15, 0.2) is 0 Å². The molecule has 0 spiro atoms. The number of aromatic nitrogens is 2. The van der Waals surface area contributed by atoms with Crippen LogP contribution in [0.3, 0.4) is 0 Å². The molecule has 0 atom stereocenters. The molecule has 8 heteroatoms. The first-order chi connectivity index (χ1) is 8.06. The summed E-state index contributed by atoms with van der Waals surface area (Å²) in [5.74, 6) is 0.728. The van der Waals surface area contributed by atoms with Crippen molar-refractivity contribution in [2.75, 3.05) is 24.7 Å². The average Bonchev–Trinajstić information content (AvgIpc) is 2.71. The van der Waals surface area contributed by atoms with Gasteiger partial charge < -0.3 is 5.32 Å². The lowest BCUT2D eigenvalue weighted by atomic mass is 10.4. The topological polar surface area (TPSA) is 84.0 Å². The summed E-state index contributed by atoms with van der Waals surface area (Å²) in [5, 5.41) is 5.97. The molecule has 0 aromatic carbocycles. The quantitative estimate of drug-likeness (QED) is 0.781. The molecule has 0 radical (unpaired) electrons. The van der Waals surface area contributed by atoms with Crippen LogP contribution in [0.5, 0.6) is 0 Å². The number of hydrogen-bond donors (Lipinski definition) is 2. The fourth-order valence-electron chi connectivity index (χ4n) is 1.35. The van der Waals surface area contributed by atoms with Crippen LogP contribution in [0.2, 0.25) is 0 Å². The zero-order valence-electron chi connectivity index (χ0n) is 9.17.